The minimum atomic E-state index is -0.362. The molecule has 3 heterocycles. The number of nitrogens with zero attached hydrogens (tertiary/aromatic N) is 4. The maximum atomic E-state index is 12.2. The molecular weight excluding hydrogens is 298 g/mol. The number of hydrogen-bond acceptors (Lipinski definition) is 5. The van der Waals surface area contributed by atoms with E-state index in [1.54, 1.807) is 22.8 Å². The van der Waals surface area contributed by atoms with Gasteiger partial charge in [0.05, 0.1) is 24.5 Å². The van der Waals surface area contributed by atoms with E-state index in [-0.39, 0.29) is 17.6 Å². The number of carbonyl (C=O) groups excluding carboxylic acids is 2. The Balaban J connectivity index is 1.50. The molecule has 0 aliphatic carbocycles. The van der Waals surface area contributed by atoms with Crippen LogP contribution in [0.25, 0.3) is 0 Å². The van der Waals surface area contributed by atoms with Crippen molar-refractivity contribution in [1.29, 1.82) is 0 Å². The Bertz CT molecular complexity index is 619. The van der Waals surface area contributed by atoms with Gasteiger partial charge in [0.1, 0.15) is 5.60 Å². The highest BCUT2D eigenvalue weighted by Crippen LogP contribution is 2.32. The number of aryl methyl sites for hydroxylation is 2. The minimum absolute atomic E-state index is 0.0439. The molecule has 0 atom stereocenters. The third-order valence-corrected chi connectivity index (χ3v) is 4.56. The Morgan fingerprint density at radius 2 is 2.09 bits per heavy atom. The first-order valence-electron chi connectivity index (χ1n) is 7.83. The van der Waals surface area contributed by atoms with E-state index < -0.39 is 0 Å². The number of piperidine rings is 1. The van der Waals surface area contributed by atoms with Crippen molar-refractivity contribution in [3.05, 3.63) is 11.9 Å². The summed E-state index contributed by atoms with van der Waals surface area (Å²) in [6.45, 7) is 4.35. The van der Waals surface area contributed by atoms with Gasteiger partial charge in [-0.25, -0.2) is 4.79 Å². The molecule has 126 valence electrons. The quantitative estimate of drug-likeness (QED) is 0.881. The maximum Gasteiger partial charge on any atom is 0.410 e. The largest absolute Gasteiger partial charge is 0.441 e. The van der Waals surface area contributed by atoms with Crippen LogP contribution in [0.2, 0.25) is 0 Å². The predicted octanol–water partition coefficient (Wildman–Crippen LogP) is 0.584. The zero-order valence-electron chi connectivity index (χ0n) is 13.8. The number of rotatable bonds is 3. The second kappa shape index (κ2) is 5.84. The van der Waals surface area contributed by atoms with Gasteiger partial charge in [0.15, 0.2) is 0 Å². The summed E-state index contributed by atoms with van der Waals surface area (Å²) in [4.78, 5) is 27.5. The summed E-state index contributed by atoms with van der Waals surface area (Å²) in [6.07, 6.45) is 3.08. The van der Waals surface area contributed by atoms with Crippen LogP contribution in [0, 0.1) is 6.92 Å². The number of nitrogens with one attached hydrogen (secondary N) is 1. The molecule has 2 aliphatic rings. The maximum absolute atomic E-state index is 12.2. The van der Waals surface area contributed by atoms with E-state index in [2.05, 4.69) is 15.3 Å². The molecule has 1 aromatic heterocycles. The average molecular weight is 321 g/mol. The van der Waals surface area contributed by atoms with Gasteiger partial charge in [-0.05, 0) is 6.92 Å². The molecule has 1 N–H and O–H groups in total. The number of amides is 2. The molecule has 3 rings (SSSR count). The Morgan fingerprint density at radius 3 is 2.61 bits per heavy atom. The Morgan fingerprint density at radius 1 is 1.39 bits per heavy atom. The molecule has 1 aromatic rings. The van der Waals surface area contributed by atoms with Crippen molar-refractivity contribution >= 4 is 17.7 Å². The Labute approximate surface area is 135 Å². The normalized spacial score (nSPS) is 20.8. The Kier molecular flexibility index (Phi) is 4.01. The number of likely N-dealkylation sites (tertiary alicyclic amines) is 1. The molecular formula is C15H23N5O3. The fourth-order valence-electron chi connectivity index (χ4n) is 3.29. The smallest absolute Gasteiger partial charge is 0.410 e. The van der Waals surface area contributed by atoms with E-state index in [9.17, 15) is 9.59 Å². The molecule has 0 unspecified atom stereocenters. The SMILES string of the molecule is Cc1nn(C)cc1NC(=O)CN1CCC2(CC1)CN(C)C(=O)O2. The second-order valence-electron chi connectivity index (χ2n) is 6.53. The van der Waals surface area contributed by atoms with Crippen LogP contribution in [-0.2, 0) is 16.6 Å². The molecule has 8 heteroatoms. The van der Waals surface area contributed by atoms with Gasteiger partial charge < -0.3 is 15.0 Å². The fraction of sp³-hybridized carbons (Fsp3) is 0.667. The van der Waals surface area contributed by atoms with Crippen LogP contribution in [0.15, 0.2) is 6.20 Å². The number of aromatic nitrogens is 2. The zero-order chi connectivity index (χ0) is 16.6. The lowest BCUT2D eigenvalue weighted by Crippen LogP contribution is -2.48. The number of hydrogen-bond donors (Lipinski definition) is 1. The van der Waals surface area contributed by atoms with Gasteiger partial charge in [-0.15, -0.1) is 0 Å². The highest BCUT2D eigenvalue weighted by atomic mass is 16.6. The lowest BCUT2D eigenvalue weighted by atomic mass is 9.91. The number of carbonyl (C=O) groups is 2. The van der Waals surface area contributed by atoms with Crippen LogP contribution < -0.4 is 5.32 Å². The van der Waals surface area contributed by atoms with Crippen LogP contribution in [0.4, 0.5) is 10.5 Å². The first-order valence-corrected chi connectivity index (χ1v) is 7.83. The van der Waals surface area contributed by atoms with Crippen LogP contribution in [0.5, 0.6) is 0 Å². The third kappa shape index (κ3) is 3.31. The number of ether oxygens (including phenoxy) is 1. The lowest BCUT2D eigenvalue weighted by Gasteiger charge is -2.36. The van der Waals surface area contributed by atoms with Gasteiger partial charge in [-0.1, -0.05) is 0 Å². The van der Waals surface area contributed by atoms with Crippen molar-refractivity contribution in [3.63, 3.8) is 0 Å². The van der Waals surface area contributed by atoms with Crippen molar-refractivity contribution < 1.29 is 14.3 Å². The lowest BCUT2D eigenvalue weighted by molar-refractivity contribution is -0.118. The molecule has 23 heavy (non-hydrogen) atoms. The van der Waals surface area contributed by atoms with Crippen molar-refractivity contribution in [2.45, 2.75) is 25.4 Å². The van der Waals surface area contributed by atoms with E-state index >= 15 is 0 Å². The standard InChI is InChI=1S/C15H23N5O3/c1-11-12(8-19(3)17-11)16-13(21)9-20-6-4-15(5-7-20)10-18(2)14(22)23-15/h8H,4-7,9-10H2,1-3H3,(H,16,21). The molecule has 2 fully saturated rings. The van der Waals surface area contributed by atoms with E-state index in [4.69, 9.17) is 4.74 Å². The summed E-state index contributed by atoms with van der Waals surface area (Å²) in [6, 6.07) is 0. The van der Waals surface area contributed by atoms with Gasteiger partial charge in [0.2, 0.25) is 5.91 Å². The van der Waals surface area contributed by atoms with Gasteiger partial charge >= 0.3 is 6.09 Å². The summed E-state index contributed by atoms with van der Waals surface area (Å²) in [5.74, 6) is -0.0439. The minimum Gasteiger partial charge on any atom is -0.441 e. The summed E-state index contributed by atoms with van der Waals surface area (Å²) in [7, 11) is 3.58. The molecule has 0 saturated carbocycles. The molecule has 1 spiro atoms. The van der Waals surface area contributed by atoms with Gasteiger partial charge in [-0.3, -0.25) is 14.4 Å². The van der Waals surface area contributed by atoms with Crippen molar-refractivity contribution in [3.8, 4) is 0 Å². The molecule has 2 saturated heterocycles. The van der Waals surface area contributed by atoms with Crippen LogP contribution in [0.1, 0.15) is 18.5 Å². The zero-order valence-corrected chi connectivity index (χ0v) is 13.8. The first-order chi connectivity index (χ1) is 10.9. The van der Waals surface area contributed by atoms with Crippen molar-refractivity contribution in [2.24, 2.45) is 7.05 Å². The van der Waals surface area contributed by atoms with Crippen molar-refractivity contribution in [2.75, 3.05) is 38.5 Å². The molecule has 2 aliphatic heterocycles. The number of anilines is 1. The molecule has 2 amide bonds. The third-order valence-electron chi connectivity index (χ3n) is 4.56. The number of likely N-dealkylation sites (N-methyl/N-ethyl adjacent to an activating group) is 1. The predicted molar refractivity (Wildman–Crippen MR) is 84.1 cm³/mol. The first kappa shape index (κ1) is 15.8. The van der Waals surface area contributed by atoms with Gasteiger partial charge in [0, 0.05) is 46.2 Å². The van der Waals surface area contributed by atoms with Crippen LogP contribution >= 0.6 is 0 Å². The summed E-state index contributed by atoms with van der Waals surface area (Å²) in [5.41, 5.74) is 1.19. The molecule has 0 radical (unpaired) electrons. The molecule has 0 aromatic carbocycles. The van der Waals surface area contributed by atoms with Crippen LogP contribution in [0.3, 0.4) is 0 Å². The van der Waals surface area contributed by atoms with Crippen LogP contribution in [-0.4, -0.2) is 70.4 Å². The average Bonchev–Trinajstić information content (AvgIpc) is 2.93. The van der Waals surface area contributed by atoms with E-state index in [1.807, 2.05) is 14.0 Å². The van der Waals surface area contributed by atoms with Gasteiger partial charge in [-0.2, -0.15) is 5.10 Å². The monoisotopic (exact) mass is 321 g/mol. The highest BCUT2D eigenvalue weighted by Gasteiger charge is 2.45. The van der Waals surface area contributed by atoms with E-state index in [0.29, 0.717) is 13.1 Å². The van der Waals surface area contributed by atoms with Gasteiger partial charge in [0.25, 0.3) is 0 Å². The van der Waals surface area contributed by atoms with E-state index in [0.717, 1.165) is 37.3 Å². The van der Waals surface area contributed by atoms with E-state index in [1.165, 1.54) is 0 Å². The Hall–Kier alpha value is -2.09. The van der Waals surface area contributed by atoms with Crippen molar-refractivity contribution in [1.82, 2.24) is 19.6 Å². The summed E-state index contributed by atoms with van der Waals surface area (Å²) >= 11 is 0. The topological polar surface area (TPSA) is 79.7 Å². The fourth-order valence-corrected chi connectivity index (χ4v) is 3.29. The highest BCUT2D eigenvalue weighted by molar-refractivity contribution is 5.92. The summed E-state index contributed by atoms with van der Waals surface area (Å²) < 4.78 is 7.20. The molecule has 8 nitrogen and oxygen atoms in total. The summed E-state index contributed by atoms with van der Waals surface area (Å²) in [5, 5.41) is 7.10. The molecule has 0 bridgehead atoms. The second-order valence-corrected chi connectivity index (χ2v) is 6.53.